The van der Waals surface area contributed by atoms with Crippen LogP contribution in [-0.4, -0.2) is 36.8 Å². The van der Waals surface area contributed by atoms with Crippen molar-refractivity contribution in [2.75, 3.05) is 17.2 Å². The fraction of sp³-hybridized carbons (Fsp3) is 0.556. The van der Waals surface area contributed by atoms with E-state index in [-0.39, 0.29) is 18.8 Å². The summed E-state index contributed by atoms with van der Waals surface area (Å²) in [6, 6.07) is 0.643. The van der Waals surface area contributed by atoms with E-state index in [1.165, 1.54) is 0 Å². The number of hydrogen-bond acceptors (Lipinski definition) is 4. The van der Waals surface area contributed by atoms with Gasteiger partial charge >= 0.3 is 16.4 Å². The summed E-state index contributed by atoms with van der Waals surface area (Å²) in [6.45, 7) is -0.190. The van der Waals surface area contributed by atoms with Gasteiger partial charge in [0.1, 0.15) is 5.69 Å². The number of carbonyl (C=O) groups is 1. The average molecular weight is 315 g/mol. The van der Waals surface area contributed by atoms with Gasteiger partial charge in [-0.3, -0.25) is 14.8 Å². The molecular formula is C9H9F4N3O3S. The summed E-state index contributed by atoms with van der Waals surface area (Å²) in [7, 11) is -4.74. The lowest BCUT2D eigenvalue weighted by Gasteiger charge is -2.12. The lowest BCUT2D eigenvalue weighted by molar-refractivity contribution is -0.141. The van der Waals surface area contributed by atoms with Crippen molar-refractivity contribution in [3.05, 3.63) is 11.8 Å². The zero-order valence-electron chi connectivity index (χ0n) is 9.82. The van der Waals surface area contributed by atoms with Crippen LogP contribution in [0.4, 0.5) is 22.9 Å². The largest absolute Gasteiger partial charge is 0.432 e. The van der Waals surface area contributed by atoms with Gasteiger partial charge in [-0.25, -0.2) is 0 Å². The number of amides is 1. The molecule has 2 heterocycles. The highest BCUT2D eigenvalue weighted by Crippen LogP contribution is 2.31. The molecule has 0 aliphatic carbocycles. The Morgan fingerprint density at radius 3 is 2.60 bits per heavy atom. The van der Waals surface area contributed by atoms with E-state index in [2.05, 4.69) is 5.10 Å². The number of hydrogen-bond donors (Lipinski definition) is 1. The van der Waals surface area contributed by atoms with Gasteiger partial charge in [0.25, 0.3) is 0 Å². The zero-order valence-corrected chi connectivity index (χ0v) is 10.6. The second-order valence-electron chi connectivity index (χ2n) is 4.42. The van der Waals surface area contributed by atoms with E-state index >= 15 is 0 Å². The molecule has 0 aromatic carbocycles. The van der Waals surface area contributed by atoms with Gasteiger partial charge in [-0.15, -0.1) is 3.89 Å². The van der Waals surface area contributed by atoms with E-state index in [4.69, 9.17) is 0 Å². The maximum atomic E-state index is 12.5. The van der Waals surface area contributed by atoms with Crippen molar-refractivity contribution >= 4 is 21.9 Å². The van der Waals surface area contributed by atoms with E-state index in [0.29, 0.717) is 6.07 Å². The van der Waals surface area contributed by atoms with Gasteiger partial charge < -0.3 is 0 Å². The molecule has 1 aliphatic rings. The summed E-state index contributed by atoms with van der Waals surface area (Å²) in [5.74, 6) is -2.50. The van der Waals surface area contributed by atoms with Crippen molar-refractivity contribution in [1.29, 1.82) is 0 Å². The molecule has 0 radical (unpaired) electrons. The highest BCUT2D eigenvalue weighted by atomic mass is 32.3. The van der Waals surface area contributed by atoms with Crippen LogP contribution in [0.15, 0.2) is 6.07 Å². The summed E-state index contributed by atoms with van der Waals surface area (Å²) in [5.41, 5.74) is -1.12. The quantitative estimate of drug-likeness (QED) is 0.668. The van der Waals surface area contributed by atoms with Gasteiger partial charge in [0, 0.05) is 24.9 Å². The number of alkyl halides is 3. The first-order valence-electron chi connectivity index (χ1n) is 5.41. The van der Waals surface area contributed by atoms with Gasteiger partial charge in [-0.2, -0.15) is 26.7 Å². The van der Waals surface area contributed by atoms with E-state index < -0.39 is 39.7 Å². The SMILES string of the molecule is O=C1CC(CS(=O)(=O)F)CN1c1cc(C(F)(F)F)[nH]n1. The van der Waals surface area contributed by atoms with Crippen LogP contribution in [0.1, 0.15) is 12.1 Å². The lowest BCUT2D eigenvalue weighted by atomic mass is 10.1. The van der Waals surface area contributed by atoms with Crippen molar-refractivity contribution in [3.8, 4) is 0 Å². The standard InChI is InChI=1S/C9H9F4N3O3S/c10-9(11,12)6-2-7(15-14-6)16-3-5(1-8(16)17)4-20(13,18)19/h2,5H,1,3-4H2,(H,14,15). The topological polar surface area (TPSA) is 83.1 Å². The van der Waals surface area contributed by atoms with Crippen LogP contribution in [0.2, 0.25) is 0 Å². The molecule has 6 nitrogen and oxygen atoms in total. The Morgan fingerprint density at radius 2 is 2.10 bits per heavy atom. The number of H-pyrrole nitrogens is 1. The number of nitrogens with zero attached hydrogens (tertiary/aromatic N) is 2. The molecule has 1 fully saturated rings. The van der Waals surface area contributed by atoms with Gasteiger partial charge in [0.2, 0.25) is 5.91 Å². The normalized spacial score (nSPS) is 20.7. The highest BCUT2D eigenvalue weighted by Gasteiger charge is 2.38. The summed E-state index contributed by atoms with van der Waals surface area (Å²) < 4.78 is 70.7. The second-order valence-corrected chi connectivity index (χ2v) is 5.83. The first-order chi connectivity index (χ1) is 9.06. The minimum Gasteiger partial charge on any atom is -0.295 e. The Hall–Kier alpha value is -1.65. The first-order valence-corrected chi connectivity index (χ1v) is 6.97. The van der Waals surface area contributed by atoms with Crippen LogP contribution in [0.3, 0.4) is 0 Å². The molecule has 0 spiro atoms. The molecule has 1 saturated heterocycles. The van der Waals surface area contributed by atoms with Crippen LogP contribution >= 0.6 is 0 Å². The first kappa shape index (κ1) is 14.8. The molecule has 1 aromatic rings. The van der Waals surface area contributed by atoms with Crippen molar-refractivity contribution in [2.45, 2.75) is 12.6 Å². The van der Waals surface area contributed by atoms with E-state index in [1.54, 1.807) is 5.10 Å². The Bertz CT molecular complexity index is 625. The predicted octanol–water partition coefficient (Wildman–Crippen LogP) is 1.08. The molecule has 1 amide bonds. The van der Waals surface area contributed by atoms with Crippen molar-refractivity contribution in [2.24, 2.45) is 5.92 Å². The molecular weight excluding hydrogens is 306 g/mol. The number of carbonyl (C=O) groups excluding carboxylic acids is 1. The molecule has 1 aliphatic heterocycles. The van der Waals surface area contributed by atoms with E-state index in [1.807, 2.05) is 0 Å². The van der Waals surface area contributed by atoms with E-state index in [9.17, 15) is 30.3 Å². The molecule has 1 N–H and O–H groups in total. The third kappa shape index (κ3) is 3.26. The van der Waals surface area contributed by atoms with Crippen molar-refractivity contribution in [1.82, 2.24) is 10.2 Å². The number of nitrogens with one attached hydrogen (secondary N) is 1. The Balaban J connectivity index is 2.14. The third-order valence-corrected chi connectivity index (χ3v) is 3.66. The Labute approximate surface area is 111 Å². The van der Waals surface area contributed by atoms with Gasteiger partial charge in [0.05, 0.1) is 5.75 Å². The summed E-state index contributed by atoms with van der Waals surface area (Å²) in [5, 5.41) is 5.11. The fourth-order valence-corrected chi connectivity index (χ4v) is 2.78. The van der Waals surface area contributed by atoms with Crippen LogP contribution in [0, 0.1) is 5.92 Å². The monoisotopic (exact) mass is 315 g/mol. The molecule has 0 saturated carbocycles. The number of halogens is 4. The second kappa shape index (κ2) is 4.72. The van der Waals surface area contributed by atoms with Crippen LogP contribution in [-0.2, 0) is 21.2 Å². The minimum atomic E-state index is -4.74. The molecule has 20 heavy (non-hydrogen) atoms. The van der Waals surface area contributed by atoms with Gasteiger partial charge in [-0.1, -0.05) is 0 Å². The molecule has 11 heteroatoms. The molecule has 1 unspecified atom stereocenters. The van der Waals surface area contributed by atoms with Crippen LogP contribution < -0.4 is 4.90 Å². The van der Waals surface area contributed by atoms with E-state index in [0.717, 1.165) is 4.90 Å². The highest BCUT2D eigenvalue weighted by molar-refractivity contribution is 7.86. The number of rotatable bonds is 3. The maximum Gasteiger partial charge on any atom is 0.432 e. The van der Waals surface area contributed by atoms with Gasteiger partial charge in [-0.05, 0) is 0 Å². The number of anilines is 1. The lowest BCUT2D eigenvalue weighted by Crippen LogP contribution is -2.25. The fourth-order valence-electron chi connectivity index (χ4n) is 1.99. The molecule has 1 atom stereocenters. The van der Waals surface area contributed by atoms with Crippen LogP contribution in [0.25, 0.3) is 0 Å². The summed E-state index contributed by atoms with van der Waals surface area (Å²) in [4.78, 5) is 12.5. The average Bonchev–Trinajstić information content (AvgIpc) is 2.81. The van der Waals surface area contributed by atoms with Crippen molar-refractivity contribution < 1.29 is 30.3 Å². The third-order valence-electron chi connectivity index (χ3n) is 2.79. The predicted molar refractivity (Wildman–Crippen MR) is 58.9 cm³/mol. The molecule has 112 valence electrons. The number of aromatic nitrogens is 2. The smallest absolute Gasteiger partial charge is 0.295 e. The van der Waals surface area contributed by atoms with Gasteiger partial charge in [0.15, 0.2) is 5.82 Å². The Morgan fingerprint density at radius 1 is 1.45 bits per heavy atom. The Kier molecular flexibility index (Phi) is 3.48. The maximum absolute atomic E-state index is 12.5. The van der Waals surface area contributed by atoms with Crippen molar-refractivity contribution in [3.63, 3.8) is 0 Å². The number of aromatic amines is 1. The minimum absolute atomic E-state index is 0.190. The molecule has 2 rings (SSSR count). The summed E-state index contributed by atoms with van der Waals surface area (Å²) in [6.07, 6.45) is -4.88. The summed E-state index contributed by atoms with van der Waals surface area (Å²) >= 11 is 0. The zero-order chi connectivity index (χ0) is 15.1. The molecule has 0 bridgehead atoms. The molecule has 1 aromatic heterocycles. The van der Waals surface area contributed by atoms with Crippen LogP contribution in [0.5, 0.6) is 0 Å².